The minimum absolute atomic E-state index is 0.200. The van der Waals surface area contributed by atoms with Crippen LogP contribution in [0.25, 0.3) is 16.7 Å². The molecule has 4 aromatic rings. The third-order valence-electron chi connectivity index (χ3n) is 6.22. The van der Waals surface area contributed by atoms with Crippen molar-refractivity contribution in [3.63, 3.8) is 0 Å². The number of aromatic nitrogens is 4. The topological polar surface area (TPSA) is 117 Å². The second kappa shape index (κ2) is 9.71. The van der Waals surface area contributed by atoms with Gasteiger partial charge in [0.25, 0.3) is 5.91 Å². The number of hydrogen-bond acceptors (Lipinski definition) is 7. The fourth-order valence-corrected chi connectivity index (χ4v) is 4.59. The van der Waals surface area contributed by atoms with Gasteiger partial charge in [-0.2, -0.15) is 0 Å². The molecule has 1 aliphatic rings. The lowest BCUT2D eigenvalue weighted by molar-refractivity contribution is -0.127. The van der Waals surface area contributed by atoms with Gasteiger partial charge in [0, 0.05) is 43.0 Å². The molecule has 0 bridgehead atoms. The van der Waals surface area contributed by atoms with Gasteiger partial charge < -0.3 is 24.9 Å². The summed E-state index contributed by atoms with van der Waals surface area (Å²) in [4.78, 5) is 34.0. The van der Waals surface area contributed by atoms with Crippen molar-refractivity contribution in [1.82, 2.24) is 29.7 Å². The van der Waals surface area contributed by atoms with E-state index in [2.05, 4.69) is 24.8 Å². The van der Waals surface area contributed by atoms with Crippen LogP contribution in [0.5, 0.6) is 0 Å². The van der Waals surface area contributed by atoms with Gasteiger partial charge in [-0.1, -0.05) is 11.6 Å². The number of hydrogen-bond donors (Lipinski definition) is 2. The van der Waals surface area contributed by atoms with Gasteiger partial charge in [0.05, 0.1) is 29.0 Å². The number of nitrogens with two attached hydrogens (primary N) is 1. The summed E-state index contributed by atoms with van der Waals surface area (Å²) < 4.78 is 19.7. The number of fused-ring (bicyclic) bond motifs is 2. The molecule has 0 spiro atoms. The van der Waals surface area contributed by atoms with Crippen LogP contribution in [0.2, 0.25) is 5.02 Å². The molecule has 0 aliphatic carbocycles. The van der Waals surface area contributed by atoms with Gasteiger partial charge in [-0.3, -0.25) is 9.78 Å². The summed E-state index contributed by atoms with van der Waals surface area (Å²) in [5.74, 6) is -0.539. The molecule has 0 radical (unpaired) electrons. The van der Waals surface area contributed by atoms with Gasteiger partial charge >= 0.3 is 0 Å². The second-order valence-corrected chi connectivity index (χ2v) is 9.28. The van der Waals surface area contributed by atoms with E-state index >= 15 is 0 Å². The summed E-state index contributed by atoms with van der Waals surface area (Å²) in [6.45, 7) is 1.16. The number of rotatable bonds is 6. The van der Waals surface area contributed by atoms with Crippen LogP contribution in [0, 0.1) is 5.82 Å². The number of halogens is 2. The first-order valence-electron chi connectivity index (χ1n) is 11.5. The number of H-pyrrole nitrogens is 1. The molecule has 11 heteroatoms. The summed E-state index contributed by atoms with van der Waals surface area (Å²) in [7, 11) is 3.97. The molecule has 9 nitrogen and oxygen atoms in total. The van der Waals surface area contributed by atoms with Crippen molar-refractivity contribution in [3.8, 4) is 0 Å². The highest BCUT2D eigenvalue weighted by molar-refractivity contribution is 6.31. The third-order valence-corrected chi connectivity index (χ3v) is 6.57. The molecule has 1 aromatic carbocycles. The first kappa shape index (κ1) is 24.0. The van der Waals surface area contributed by atoms with E-state index in [1.807, 2.05) is 14.1 Å². The summed E-state index contributed by atoms with van der Waals surface area (Å²) in [6, 6.07) is 5.06. The zero-order valence-corrected chi connectivity index (χ0v) is 20.6. The van der Waals surface area contributed by atoms with E-state index < -0.39 is 11.9 Å². The monoisotopic (exact) mass is 509 g/mol. The van der Waals surface area contributed by atoms with E-state index in [4.69, 9.17) is 21.8 Å². The standard InChI is InChI=1S/C25H25ClFN7O2/c1-33(2)7-5-14-12-29-19(10-17(14)26)16(11-28)25(35)34-8-6-18-22(31-13-30-18)23(34)24-32-20-9-15(27)3-4-21(20)36-24/h3-4,9-13,23H,5-8,28H2,1-2H3,(H,30,31)/b16-11+/t23-/m0/s1. The van der Waals surface area contributed by atoms with Gasteiger partial charge in [-0.05, 0) is 44.3 Å². The Hall–Kier alpha value is -3.76. The van der Waals surface area contributed by atoms with E-state index in [0.717, 1.165) is 24.2 Å². The Morgan fingerprint density at radius 1 is 1.36 bits per heavy atom. The van der Waals surface area contributed by atoms with E-state index in [0.29, 0.717) is 40.5 Å². The first-order chi connectivity index (χ1) is 17.4. The van der Waals surface area contributed by atoms with Gasteiger partial charge in [-0.15, -0.1) is 0 Å². The first-order valence-corrected chi connectivity index (χ1v) is 11.8. The Morgan fingerprint density at radius 2 is 2.19 bits per heavy atom. The number of benzene rings is 1. The number of imidazole rings is 1. The Bertz CT molecular complexity index is 1460. The van der Waals surface area contributed by atoms with Gasteiger partial charge in [0.1, 0.15) is 11.3 Å². The van der Waals surface area contributed by atoms with Crippen LogP contribution in [0.4, 0.5) is 4.39 Å². The summed E-state index contributed by atoms with van der Waals surface area (Å²) >= 11 is 6.52. The normalized spacial score (nSPS) is 16.1. The average Bonchev–Trinajstić information content (AvgIpc) is 3.49. The molecular formula is C25H25ClFN7O2. The number of aromatic amines is 1. The van der Waals surface area contributed by atoms with Gasteiger partial charge in [-0.25, -0.2) is 14.4 Å². The van der Waals surface area contributed by atoms with Gasteiger partial charge in [0.15, 0.2) is 11.6 Å². The molecule has 1 atom stereocenters. The number of likely N-dealkylation sites (N-methyl/N-ethyl adjacent to an activating group) is 1. The number of nitrogens with one attached hydrogen (secondary N) is 1. The quantitative estimate of drug-likeness (QED) is 0.383. The maximum absolute atomic E-state index is 13.8. The van der Waals surface area contributed by atoms with Crippen molar-refractivity contribution in [2.24, 2.45) is 5.73 Å². The molecule has 186 valence electrons. The predicted molar refractivity (Wildman–Crippen MR) is 133 cm³/mol. The van der Waals surface area contributed by atoms with E-state index in [-0.39, 0.29) is 17.4 Å². The molecule has 3 N–H and O–H groups in total. The highest BCUT2D eigenvalue weighted by atomic mass is 35.5. The largest absolute Gasteiger partial charge is 0.438 e. The van der Waals surface area contributed by atoms with Gasteiger partial charge in [0.2, 0.25) is 5.89 Å². The number of amides is 1. The smallest absolute Gasteiger partial charge is 0.258 e. The van der Waals surface area contributed by atoms with E-state index in [9.17, 15) is 9.18 Å². The van der Waals surface area contributed by atoms with Crippen LogP contribution in [0.15, 0.2) is 47.4 Å². The highest BCUT2D eigenvalue weighted by Gasteiger charge is 2.38. The maximum Gasteiger partial charge on any atom is 0.258 e. The Balaban J connectivity index is 1.50. The SMILES string of the molecule is CN(C)CCc1cnc(/C(=C\N)C(=O)N2CCc3nc[nH]c3[C@H]2c2nc3cc(F)ccc3o2)cc1Cl. The van der Waals surface area contributed by atoms with Crippen molar-refractivity contribution in [3.05, 3.63) is 82.4 Å². The van der Waals surface area contributed by atoms with Crippen molar-refractivity contribution in [1.29, 1.82) is 0 Å². The number of carbonyl (C=O) groups excluding carboxylic acids is 1. The molecule has 36 heavy (non-hydrogen) atoms. The molecule has 5 rings (SSSR count). The second-order valence-electron chi connectivity index (χ2n) is 8.87. The fourth-order valence-electron chi connectivity index (χ4n) is 4.35. The Morgan fingerprint density at radius 3 is 2.94 bits per heavy atom. The number of oxazole rings is 1. The lowest BCUT2D eigenvalue weighted by Gasteiger charge is -2.33. The van der Waals surface area contributed by atoms with Crippen LogP contribution in [-0.2, 0) is 17.6 Å². The molecular weight excluding hydrogens is 485 g/mol. The zero-order valence-electron chi connectivity index (χ0n) is 19.8. The summed E-state index contributed by atoms with van der Waals surface area (Å²) in [5.41, 5.74) is 9.66. The van der Waals surface area contributed by atoms with Crippen molar-refractivity contribution < 1.29 is 13.6 Å². The highest BCUT2D eigenvalue weighted by Crippen LogP contribution is 2.36. The number of pyridine rings is 1. The Kier molecular flexibility index (Phi) is 6.46. The lowest BCUT2D eigenvalue weighted by atomic mass is 10.00. The minimum Gasteiger partial charge on any atom is -0.438 e. The predicted octanol–water partition coefficient (Wildman–Crippen LogP) is 3.32. The van der Waals surface area contributed by atoms with Crippen LogP contribution in [0.1, 0.15) is 34.6 Å². The average molecular weight is 510 g/mol. The molecule has 0 saturated carbocycles. The van der Waals surface area contributed by atoms with Crippen molar-refractivity contribution >= 4 is 34.2 Å². The number of nitrogens with zero attached hydrogens (tertiary/aromatic N) is 5. The fraction of sp³-hybridized carbons (Fsp3) is 0.280. The molecule has 1 aliphatic heterocycles. The molecule has 4 heterocycles. The zero-order chi connectivity index (χ0) is 25.4. The van der Waals surface area contributed by atoms with E-state index in [1.165, 1.54) is 24.4 Å². The molecule has 3 aromatic heterocycles. The molecule has 0 unspecified atom stereocenters. The Labute approximate surface area is 211 Å². The summed E-state index contributed by atoms with van der Waals surface area (Å²) in [6.07, 6.45) is 5.74. The van der Waals surface area contributed by atoms with Crippen LogP contribution in [-0.4, -0.2) is 62.8 Å². The molecule has 0 saturated heterocycles. The van der Waals surface area contributed by atoms with Crippen LogP contribution in [0.3, 0.4) is 0 Å². The third kappa shape index (κ3) is 4.45. The van der Waals surface area contributed by atoms with Crippen LogP contribution >= 0.6 is 11.6 Å². The maximum atomic E-state index is 13.8. The minimum atomic E-state index is -0.705. The lowest BCUT2D eigenvalue weighted by Crippen LogP contribution is -2.41. The molecule has 0 fully saturated rings. The van der Waals surface area contributed by atoms with Crippen molar-refractivity contribution in [2.45, 2.75) is 18.9 Å². The van der Waals surface area contributed by atoms with Crippen LogP contribution < -0.4 is 5.73 Å². The number of carbonyl (C=O) groups is 1. The van der Waals surface area contributed by atoms with E-state index in [1.54, 1.807) is 23.5 Å². The van der Waals surface area contributed by atoms with Crippen molar-refractivity contribution in [2.75, 3.05) is 27.2 Å². The molecule has 1 amide bonds. The summed E-state index contributed by atoms with van der Waals surface area (Å²) in [5, 5.41) is 0.515.